The summed E-state index contributed by atoms with van der Waals surface area (Å²) in [5.41, 5.74) is 3.13. The predicted octanol–water partition coefficient (Wildman–Crippen LogP) is 3.79. The standard InChI is InChI=1S/C18H22ClN5O2S/c1-2-3-4-5-10-15(25)21-18-24-23-17(27-18)11-16(26)22-20-12-13-8-6-7-9-14(13)19/h6-9,12H,2-5,10-11H2,1H3,(H,22,26)(H,21,24,25)/b20-12-. The third-order valence-electron chi connectivity index (χ3n) is 3.58. The molecular formula is C18H22ClN5O2S. The number of rotatable bonds is 10. The number of carbonyl (C=O) groups excluding carboxylic acids is 2. The van der Waals surface area contributed by atoms with Crippen LogP contribution in [-0.4, -0.2) is 28.2 Å². The van der Waals surface area contributed by atoms with Crippen LogP contribution in [0.3, 0.4) is 0 Å². The molecule has 0 aliphatic heterocycles. The average molecular weight is 408 g/mol. The highest BCUT2D eigenvalue weighted by Gasteiger charge is 2.11. The molecule has 0 spiro atoms. The van der Waals surface area contributed by atoms with Crippen molar-refractivity contribution in [3.05, 3.63) is 39.9 Å². The van der Waals surface area contributed by atoms with Crippen molar-refractivity contribution < 1.29 is 9.59 Å². The molecule has 1 heterocycles. The van der Waals surface area contributed by atoms with Gasteiger partial charge in [-0.1, -0.05) is 67.3 Å². The molecule has 9 heteroatoms. The summed E-state index contributed by atoms with van der Waals surface area (Å²) in [7, 11) is 0. The summed E-state index contributed by atoms with van der Waals surface area (Å²) in [6, 6.07) is 7.18. The SMILES string of the molecule is CCCCCCC(=O)Nc1nnc(CC(=O)N/N=C\c2ccccc2Cl)s1. The van der Waals surface area contributed by atoms with Crippen molar-refractivity contribution in [2.24, 2.45) is 5.10 Å². The Morgan fingerprint density at radius 2 is 2.00 bits per heavy atom. The Kier molecular flexibility index (Phi) is 8.86. The van der Waals surface area contributed by atoms with E-state index in [2.05, 4.69) is 33.0 Å². The zero-order valence-electron chi connectivity index (χ0n) is 15.1. The van der Waals surface area contributed by atoms with Gasteiger partial charge in [0.15, 0.2) is 0 Å². The number of hydrogen-bond donors (Lipinski definition) is 2. The number of anilines is 1. The van der Waals surface area contributed by atoms with E-state index in [4.69, 9.17) is 11.6 Å². The van der Waals surface area contributed by atoms with Gasteiger partial charge in [0.1, 0.15) is 5.01 Å². The lowest BCUT2D eigenvalue weighted by Gasteiger charge is -2.00. The highest BCUT2D eigenvalue weighted by Crippen LogP contribution is 2.16. The first-order valence-corrected chi connectivity index (χ1v) is 9.96. The number of amides is 2. The van der Waals surface area contributed by atoms with Crippen molar-refractivity contribution in [1.82, 2.24) is 15.6 Å². The fraction of sp³-hybridized carbons (Fsp3) is 0.389. The van der Waals surface area contributed by atoms with Crippen LogP contribution in [0.25, 0.3) is 0 Å². The molecule has 2 rings (SSSR count). The van der Waals surface area contributed by atoms with Gasteiger partial charge in [-0.2, -0.15) is 5.10 Å². The van der Waals surface area contributed by atoms with Gasteiger partial charge in [0.2, 0.25) is 16.9 Å². The molecule has 2 amide bonds. The smallest absolute Gasteiger partial charge is 0.247 e. The molecule has 1 aromatic carbocycles. The summed E-state index contributed by atoms with van der Waals surface area (Å²) in [6.45, 7) is 2.13. The highest BCUT2D eigenvalue weighted by molar-refractivity contribution is 7.15. The molecule has 0 aliphatic rings. The topological polar surface area (TPSA) is 96.3 Å². The van der Waals surface area contributed by atoms with Gasteiger partial charge in [-0.3, -0.25) is 9.59 Å². The third kappa shape index (κ3) is 7.84. The van der Waals surface area contributed by atoms with Crippen molar-refractivity contribution in [3.8, 4) is 0 Å². The zero-order valence-corrected chi connectivity index (χ0v) is 16.6. The largest absolute Gasteiger partial charge is 0.301 e. The van der Waals surface area contributed by atoms with Crippen molar-refractivity contribution in [2.45, 2.75) is 45.4 Å². The monoisotopic (exact) mass is 407 g/mol. The second-order valence-corrected chi connectivity index (χ2v) is 7.32. The van der Waals surface area contributed by atoms with E-state index in [0.717, 1.165) is 25.7 Å². The molecule has 0 fully saturated rings. The molecule has 7 nitrogen and oxygen atoms in total. The van der Waals surface area contributed by atoms with E-state index in [-0.39, 0.29) is 18.2 Å². The Bertz CT molecular complexity index is 794. The molecule has 0 saturated carbocycles. The van der Waals surface area contributed by atoms with Gasteiger partial charge >= 0.3 is 0 Å². The molecule has 0 radical (unpaired) electrons. The summed E-state index contributed by atoms with van der Waals surface area (Å²) in [4.78, 5) is 23.7. The van der Waals surface area contributed by atoms with Crippen LogP contribution in [0.4, 0.5) is 5.13 Å². The minimum absolute atomic E-state index is 0.0316. The Morgan fingerprint density at radius 3 is 2.78 bits per heavy atom. The first kappa shape index (κ1) is 21.0. The number of nitrogens with one attached hydrogen (secondary N) is 2. The van der Waals surface area contributed by atoms with Crippen LogP contribution in [0.5, 0.6) is 0 Å². The van der Waals surface area contributed by atoms with Gasteiger partial charge in [0.25, 0.3) is 0 Å². The third-order valence-corrected chi connectivity index (χ3v) is 4.76. The van der Waals surface area contributed by atoms with E-state index in [1.807, 2.05) is 12.1 Å². The molecule has 0 saturated heterocycles. The number of aromatic nitrogens is 2. The fourth-order valence-electron chi connectivity index (χ4n) is 2.20. The van der Waals surface area contributed by atoms with Crippen molar-refractivity contribution in [3.63, 3.8) is 0 Å². The molecule has 144 valence electrons. The maximum absolute atomic E-state index is 11.9. The van der Waals surface area contributed by atoms with Crippen molar-refractivity contribution in [1.29, 1.82) is 0 Å². The number of nitrogens with zero attached hydrogens (tertiary/aromatic N) is 3. The molecule has 0 atom stereocenters. The van der Waals surface area contributed by atoms with Crippen LogP contribution in [0.2, 0.25) is 5.02 Å². The number of hydrazone groups is 1. The lowest BCUT2D eigenvalue weighted by atomic mass is 10.1. The number of halogens is 1. The summed E-state index contributed by atoms with van der Waals surface area (Å²) < 4.78 is 0. The van der Waals surface area contributed by atoms with Gasteiger partial charge in [-0.25, -0.2) is 5.43 Å². The maximum Gasteiger partial charge on any atom is 0.247 e. The number of benzene rings is 1. The predicted molar refractivity (Wildman–Crippen MR) is 108 cm³/mol. The lowest BCUT2D eigenvalue weighted by Crippen LogP contribution is -2.19. The van der Waals surface area contributed by atoms with E-state index in [1.54, 1.807) is 12.1 Å². The molecule has 2 N–H and O–H groups in total. The normalized spacial score (nSPS) is 10.9. The molecule has 2 aromatic rings. The number of carbonyl (C=O) groups is 2. The van der Waals surface area contributed by atoms with Crippen LogP contribution < -0.4 is 10.7 Å². The molecule has 27 heavy (non-hydrogen) atoms. The molecule has 0 bridgehead atoms. The number of hydrogen-bond acceptors (Lipinski definition) is 6. The minimum Gasteiger partial charge on any atom is -0.301 e. The summed E-state index contributed by atoms with van der Waals surface area (Å²) >= 11 is 7.18. The molecular weight excluding hydrogens is 386 g/mol. The van der Waals surface area contributed by atoms with E-state index in [1.165, 1.54) is 17.6 Å². The highest BCUT2D eigenvalue weighted by atomic mass is 35.5. The Hall–Kier alpha value is -2.32. The van der Waals surface area contributed by atoms with E-state index in [0.29, 0.717) is 27.1 Å². The summed E-state index contributed by atoms with van der Waals surface area (Å²) in [6.07, 6.45) is 6.13. The zero-order chi connectivity index (χ0) is 19.5. The van der Waals surface area contributed by atoms with E-state index >= 15 is 0 Å². The Balaban J connectivity index is 1.75. The average Bonchev–Trinajstić information content (AvgIpc) is 3.07. The second-order valence-electron chi connectivity index (χ2n) is 5.85. The molecule has 0 unspecified atom stereocenters. The van der Waals surface area contributed by atoms with Crippen molar-refractivity contribution in [2.75, 3.05) is 5.32 Å². The summed E-state index contributed by atoms with van der Waals surface area (Å²) in [5, 5.41) is 15.9. The van der Waals surface area contributed by atoms with Gasteiger partial charge in [-0.15, -0.1) is 10.2 Å². The fourth-order valence-corrected chi connectivity index (χ4v) is 3.14. The van der Waals surface area contributed by atoms with E-state index in [9.17, 15) is 9.59 Å². The Labute approximate surface area is 167 Å². The Morgan fingerprint density at radius 1 is 1.19 bits per heavy atom. The van der Waals surface area contributed by atoms with Gasteiger partial charge in [-0.05, 0) is 12.5 Å². The lowest BCUT2D eigenvalue weighted by molar-refractivity contribution is -0.120. The maximum atomic E-state index is 11.9. The van der Waals surface area contributed by atoms with Crippen LogP contribution in [0, 0.1) is 0 Å². The van der Waals surface area contributed by atoms with E-state index < -0.39 is 0 Å². The second kappa shape index (κ2) is 11.4. The van der Waals surface area contributed by atoms with Crippen LogP contribution in [0.1, 0.15) is 49.6 Å². The first-order chi connectivity index (χ1) is 13.1. The van der Waals surface area contributed by atoms with Crippen LogP contribution in [0.15, 0.2) is 29.4 Å². The molecule has 1 aromatic heterocycles. The quantitative estimate of drug-likeness (QED) is 0.355. The minimum atomic E-state index is -0.327. The van der Waals surface area contributed by atoms with Crippen LogP contribution >= 0.6 is 22.9 Å². The van der Waals surface area contributed by atoms with Gasteiger partial charge in [0, 0.05) is 17.0 Å². The first-order valence-electron chi connectivity index (χ1n) is 8.77. The molecule has 0 aliphatic carbocycles. The number of unbranched alkanes of at least 4 members (excludes halogenated alkanes) is 3. The van der Waals surface area contributed by atoms with Crippen molar-refractivity contribution >= 4 is 46.1 Å². The van der Waals surface area contributed by atoms with Gasteiger partial charge in [0.05, 0.1) is 12.6 Å². The van der Waals surface area contributed by atoms with Crippen LogP contribution in [-0.2, 0) is 16.0 Å². The van der Waals surface area contributed by atoms with Gasteiger partial charge < -0.3 is 5.32 Å². The summed E-state index contributed by atoms with van der Waals surface area (Å²) in [5.74, 6) is -0.408.